The second-order valence-corrected chi connectivity index (χ2v) is 2.46. The Bertz CT molecular complexity index is 158. The van der Waals surface area contributed by atoms with Crippen molar-refractivity contribution in [3.63, 3.8) is 0 Å². The second-order valence-electron chi connectivity index (χ2n) is 2.46. The molecule has 0 aromatic carbocycles. The van der Waals surface area contributed by atoms with Crippen LogP contribution in [0.5, 0.6) is 0 Å². The molecule has 0 aliphatic carbocycles. The van der Waals surface area contributed by atoms with Crippen LogP contribution in [0.1, 0.15) is 6.92 Å². The van der Waals surface area contributed by atoms with Gasteiger partial charge in [-0.3, -0.25) is 4.90 Å². The van der Waals surface area contributed by atoms with Crippen LogP contribution in [-0.4, -0.2) is 30.6 Å². The third-order valence-electron chi connectivity index (χ3n) is 1.13. The molecule has 4 nitrogen and oxygen atoms in total. The Balaban J connectivity index is 3.73. The van der Waals surface area contributed by atoms with E-state index < -0.39 is 0 Å². The Morgan fingerprint density at radius 1 is 1.36 bits per heavy atom. The maximum absolute atomic E-state index is 8.33. The number of hydrogen-bond acceptors (Lipinski definition) is 4. The molecule has 2 N–H and O–H groups in total. The van der Waals surface area contributed by atoms with Crippen molar-refractivity contribution >= 4 is 0 Å². The maximum Gasteiger partial charge on any atom is 0.0874 e. The van der Waals surface area contributed by atoms with E-state index in [0.29, 0.717) is 6.54 Å². The van der Waals surface area contributed by atoms with Gasteiger partial charge in [0, 0.05) is 12.6 Å². The molecule has 11 heavy (non-hydrogen) atoms. The maximum atomic E-state index is 8.33. The van der Waals surface area contributed by atoms with E-state index >= 15 is 0 Å². The molecule has 0 amide bonds. The lowest BCUT2D eigenvalue weighted by Gasteiger charge is -2.16. The molecule has 0 saturated carbocycles. The van der Waals surface area contributed by atoms with Crippen LogP contribution in [0.2, 0.25) is 0 Å². The number of rotatable bonds is 4. The van der Waals surface area contributed by atoms with Crippen LogP contribution >= 0.6 is 0 Å². The van der Waals surface area contributed by atoms with Gasteiger partial charge in [0.05, 0.1) is 25.2 Å². The molecule has 0 aliphatic heterocycles. The summed E-state index contributed by atoms with van der Waals surface area (Å²) in [6.45, 7) is 2.99. The van der Waals surface area contributed by atoms with Crippen molar-refractivity contribution in [1.82, 2.24) is 4.90 Å². The Kier molecular flexibility index (Phi) is 5.10. The third kappa shape index (κ3) is 5.35. The molecular formula is C7H12N4. The minimum absolute atomic E-state index is 0.0108. The molecule has 0 bridgehead atoms. The Morgan fingerprint density at radius 3 is 2.09 bits per heavy atom. The molecule has 4 heteroatoms. The van der Waals surface area contributed by atoms with Gasteiger partial charge in [-0.25, -0.2) is 0 Å². The quantitative estimate of drug-likeness (QED) is 0.560. The molecule has 1 unspecified atom stereocenters. The average Bonchev–Trinajstić information content (AvgIpc) is 1.87. The van der Waals surface area contributed by atoms with E-state index in [4.69, 9.17) is 16.3 Å². The van der Waals surface area contributed by atoms with Crippen LogP contribution in [0.25, 0.3) is 0 Å². The molecule has 0 radical (unpaired) electrons. The highest BCUT2D eigenvalue weighted by molar-refractivity contribution is 4.84. The number of nitrogens with two attached hydrogens (primary N) is 1. The highest BCUT2D eigenvalue weighted by atomic mass is 15.1. The van der Waals surface area contributed by atoms with Gasteiger partial charge >= 0.3 is 0 Å². The topological polar surface area (TPSA) is 76.8 Å². The lowest BCUT2D eigenvalue weighted by molar-refractivity contribution is 0.324. The zero-order chi connectivity index (χ0) is 8.69. The van der Waals surface area contributed by atoms with Crippen molar-refractivity contribution in [2.45, 2.75) is 13.0 Å². The van der Waals surface area contributed by atoms with Crippen LogP contribution in [0.15, 0.2) is 0 Å². The second kappa shape index (κ2) is 5.67. The molecule has 0 rings (SSSR count). The summed E-state index contributed by atoms with van der Waals surface area (Å²) in [5.74, 6) is 0. The van der Waals surface area contributed by atoms with E-state index in [1.165, 1.54) is 0 Å². The highest BCUT2D eigenvalue weighted by Gasteiger charge is 2.04. The highest BCUT2D eigenvalue weighted by Crippen LogP contribution is 1.87. The predicted molar refractivity (Wildman–Crippen MR) is 41.3 cm³/mol. The Hall–Kier alpha value is -1.10. The van der Waals surface area contributed by atoms with Gasteiger partial charge in [-0.05, 0) is 6.92 Å². The van der Waals surface area contributed by atoms with Gasteiger partial charge < -0.3 is 5.73 Å². The minimum Gasteiger partial charge on any atom is -0.327 e. The molecule has 0 spiro atoms. The molecule has 60 valence electrons. The lowest BCUT2D eigenvalue weighted by Crippen LogP contribution is -2.36. The van der Waals surface area contributed by atoms with Gasteiger partial charge in [0.2, 0.25) is 0 Å². The molecule has 1 atom stereocenters. The zero-order valence-corrected chi connectivity index (χ0v) is 6.62. The fourth-order valence-electron chi connectivity index (χ4n) is 0.792. The smallest absolute Gasteiger partial charge is 0.0874 e. The van der Waals surface area contributed by atoms with Crippen LogP contribution in [0.3, 0.4) is 0 Å². The van der Waals surface area contributed by atoms with Crippen molar-refractivity contribution in [2.24, 2.45) is 5.73 Å². The number of nitrogens with zero attached hydrogens (tertiary/aromatic N) is 3. The molecule has 0 aliphatic rings. The van der Waals surface area contributed by atoms with Crippen molar-refractivity contribution in [3.05, 3.63) is 0 Å². The minimum atomic E-state index is 0.0108. The van der Waals surface area contributed by atoms with E-state index in [1.54, 1.807) is 4.90 Å². The molecule has 0 heterocycles. The number of nitriles is 2. The van der Waals surface area contributed by atoms with Crippen molar-refractivity contribution in [3.8, 4) is 12.1 Å². The van der Waals surface area contributed by atoms with Crippen LogP contribution in [0.4, 0.5) is 0 Å². The van der Waals surface area contributed by atoms with Gasteiger partial charge in [-0.2, -0.15) is 10.5 Å². The predicted octanol–water partition coefficient (Wildman–Crippen LogP) is -0.317. The Morgan fingerprint density at radius 2 is 1.82 bits per heavy atom. The normalized spacial score (nSPS) is 12.1. The van der Waals surface area contributed by atoms with Gasteiger partial charge in [0.15, 0.2) is 0 Å². The summed E-state index contributed by atoms with van der Waals surface area (Å²) in [4.78, 5) is 1.71. The first-order chi connectivity index (χ1) is 5.20. The van der Waals surface area contributed by atoms with Gasteiger partial charge in [-0.15, -0.1) is 0 Å². The third-order valence-corrected chi connectivity index (χ3v) is 1.13. The summed E-state index contributed by atoms with van der Waals surface area (Å²) in [5, 5.41) is 16.7. The largest absolute Gasteiger partial charge is 0.327 e. The number of hydrogen-bond donors (Lipinski definition) is 1. The summed E-state index contributed by atoms with van der Waals surface area (Å²) in [5.41, 5.74) is 5.49. The van der Waals surface area contributed by atoms with Crippen molar-refractivity contribution < 1.29 is 0 Å². The van der Waals surface area contributed by atoms with Gasteiger partial charge in [-0.1, -0.05) is 0 Å². The van der Waals surface area contributed by atoms with Crippen molar-refractivity contribution in [2.75, 3.05) is 19.6 Å². The SMILES string of the molecule is CC(N)CN(CC#N)CC#N. The van der Waals surface area contributed by atoms with Crippen LogP contribution in [0, 0.1) is 22.7 Å². The van der Waals surface area contributed by atoms with Crippen LogP contribution in [-0.2, 0) is 0 Å². The summed E-state index contributed by atoms with van der Waals surface area (Å²) in [6.07, 6.45) is 0. The van der Waals surface area contributed by atoms with E-state index in [-0.39, 0.29) is 19.1 Å². The van der Waals surface area contributed by atoms with Crippen molar-refractivity contribution in [1.29, 1.82) is 10.5 Å². The lowest BCUT2D eigenvalue weighted by atomic mass is 10.3. The zero-order valence-electron chi connectivity index (χ0n) is 6.62. The van der Waals surface area contributed by atoms with E-state index in [9.17, 15) is 0 Å². The molecule has 0 aromatic rings. The fourth-order valence-corrected chi connectivity index (χ4v) is 0.792. The first-order valence-electron chi connectivity index (χ1n) is 3.42. The fraction of sp³-hybridized carbons (Fsp3) is 0.714. The standard InChI is InChI=1S/C7H12N4/c1-7(10)6-11(4-2-8)5-3-9/h7H,4-6,10H2,1H3. The first kappa shape index (κ1) is 9.90. The monoisotopic (exact) mass is 152 g/mol. The van der Waals surface area contributed by atoms with Crippen LogP contribution < -0.4 is 5.73 Å². The first-order valence-corrected chi connectivity index (χ1v) is 3.42. The summed E-state index contributed by atoms with van der Waals surface area (Å²) in [7, 11) is 0. The van der Waals surface area contributed by atoms with Gasteiger partial charge in [0.25, 0.3) is 0 Å². The van der Waals surface area contributed by atoms with Gasteiger partial charge in [0.1, 0.15) is 0 Å². The van der Waals surface area contributed by atoms with E-state index in [0.717, 1.165) is 0 Å². The summed E-state index contributed by atoms with van der Waals surface area (Å²) in [6, 6.07) is 3.97. The average molecular weight is 152 g/mol. The van der Waals surface area contributed by atoms with E-state index in [2.05, 4.69) is 0 Å². The van der Waals surface area contributed by atoms with E-state index in [1.807, 2.05) is 19.1 Å². The summed E-state index contributed by atoms with van der Waals surface area (Å²) >= 11 is 0. The Labute approximate surface area is 66.8 Å². The molecule has 0 fully saturated rings. The molecule has 0 saturated heterocycles. The summed E-state index contributed by atoms with van der Waals surface area (Å²) < 4.78 is 0. The molecule has 0 aromatic heterocycles. The molecular weight excluding hydrogens is 140 g/mol.